The number of hydrogen-bond donors (Lipinski definition) is 0. The van der Waals surface area contributed by atoms with Crippen LogP contribution in [-0.4, -0.2) is 28.6 Å². The molecule has 2 atom stereocenters. The Balaban J connectivity index is 1.41. The van der Waals surface area contributed by atoms with Gasteiger partial charge >= 0.3 is 11.7 Å². The van der Waals surface area contributed by atoms with Crippen LogP contribution in [0, 0.1) is 0 Å². The zero-order valence-electron chi connectivity index (χ0n) is 16.6. The first kappa shape index (κ1) is 20.2. The fraction of sp³-hybridized carbons (Fsp3) is 0.318. The molecule has 156 valence electrons. The van der Waals surface area contributed by atoms with E-state index < -0.39 is 17.8 Å². The van der Waals surface area contributed by atoms with Crippen molar-refractivity contribution in [1.29, 1.82) is 0 Å². The molecular formula is C22H21ClN2O5. The van der Waals surface area contributed by atoms with Gasteiger partial charge in [-0.25, -0.2) is 4.79 Å². The number of rotatable bonds is 5. The molecule has 0 N–H and O–H groups in total. The maximum atomic E-state index is 12.9. The van der Waals surface area contributed by atoms with Crippen LogP contribution >= 0.6 is 11.6 Å². The van der Waals surface area contributed by atoms with Gasteiger partial charge < -0.3 is 14.1 Å². The van der Waals surface area contributed by atoms with Crippen LogP contribution in [-0.2, 0) is 27.3 Å². The molecule has 3 aromatic rings. The number of carbonyl (C=O) groups is 2. The summed E-state index contributed by atoms with van der Waals surface area (Å²) in [6, 6.07) is 12.6. The van der Waals surface area contributed by atoms with E-state index in [1.165, 1.54) is 4.57 Å². The molecule has 0 saturated carbocycles. The third-order valence-corrected chi connectivity index (χ3v) is 5.51. The van der Waals surface area contributed by atoms with Gasteiger partial charge in [-0.2, -0.15) is 0 Å². The monoisotopic (exact) mass is 428 g/mol. The number of oxazole rings is 1. The molecule has 0 bridgehead atoms. The molecule has 0 aliphatic carbocycles. The smallest absolute Gasteiger partial charge is 0.419 e. The van der Waals surface area contributed by atoms with Crippen LogP contribution in [0.5, 0.6) is 0 Å². The number of amides is 1. The highest BCUT2D eigenvalue weighted by Crippen LogP contribution is 2.32. The van der Waals surface area contributed by atoms with Gasteiger partial charge in [-0.15, -0.1) is 0 Å². The highest BCUT2D eigenvalue weighted by Gasteiger charge is 2.34. The minimum Gasteiger partial charge on any atom is -0.452 e. The minimum atomic E-state index is -0.928. The van der Waals surface area contributed by atoms with Crippen molar-refractivity contribution in [3.63, 3.8) is 0 Å². The predicted octanol–water partition coefficient (Wildman–Crippen LogP) is 3.55. The number of fused-ring (bicyclic) bond motifs is 2. The lowest BCUT2D eigenvalue weighted by atomic mass is 10.1. The summed E-state index contributed by atoms with van der Waals surface area (Å²) in [5, 5.41) is 0.452. The van der Waals surface area contributed by atoms with Gasteiger partial charge in [0.1, 0.15) is 0 Å². The van der Waals surface area contributed by atoms with E-state index in [0.29, 0.717) is 16.1 Å². The topological polar surface area (TPSA) is 81.7 Å². The average Bonchev–Trinajstić information content (AvgIpc) is 3.20. The van der Waals surface area contributed by atoms with Crippen LogP contribution < -0.4 is 10.7 Å². The normalized spacial score (nSPS) is 16.5. The van der Waals surface area contributed by atoms with Crippen LogP contribution in [0.25, 0.3) is 11.1 Å². The molecule has 30 heavy (non-hydrogen) atoms. The molecule has 2 unspecified atom stereocenters. The van der Waals surface area contributed by atoms with Crippen molar-refractivity contribution in [2.24, 2.45) is 0 Å². The van der Waals surface area contributed by atoms with Crippen molar-refractivity contribution in [3.05, 3.63) is 63.6 Å². The Morgan fingerprint density at radius 2 is 2.03 bits per heavy atom. The lowest BCUT2D eigenvalue weighted by Crippen LogP contribution is -2.43. The van der Waals surface area contributed by atoms with Crippen molar-refractivity contribution in [1.82, 2.24) is 4.57 Å². The molecule has 8 heteroatoms. The van der Waals surface area contributed by atoms with Crippen molar-refractivity contribution < 1.29 is 18.7 Å². The Morgan fingerprint density at radius 3 is 2.83 bits per heavy atom. The van der Waals surface area contributed by atoms with Gasteiger partial charge in [-0.3, -0.25) is 14.2 Å². The van der Waals surface area contributed by atoms with Gasteiger partial charge in [-0.05, 0) is 44.0 Å². The van der Waals surface area contributed by atoms with Gasteiger partial charge in [0.15, 0.2) is 11.7 Å². The summed E-state index contributed by atoms with van der Waals surface area (Å²) in [6.07, 6.45) is -0.230. The Bertz CT molecular complexity index is 1180. The number of ether oxygens (including phenoxy) is 1. The summed E-state index contributed by atoms with van der Waals surface area (Å²) in [5.41, 5.74) is 2.85. The van der Waals surface area contributed by atoms with E-state index in [-0.39, 0.29) is 24.9 Å². The Morgan fingerprint density at radius 1 is 1.27 bits per heavy atom. The molecular weight excluding hydrogens is 408 g/mol. The molecule has 1 aliphatic heterocycles. The summed E-state index contributed by atoms with van der Waals surface area (Å²) in [6.45, 7) is 3.61. The van der Waals surface area contributed by atoms with E-state index in [9.17, 15) is 14.4 Å². The second-order valence-corrected chi connectivity index (χ2v) is 7.84. The number of aryl methyl sites for hydroxylation is 1. The number of esters is 1. The molecule has 1 aromatic heterocycles. The van der Waals surface area contributed by atoms with Crippen LogP contribution in [0.4, 0.5) is 5.69 Å². The third-order valence-electron chi connectivity index (χ3n) is 5.27. The van der Waals surface area contributed by atoms with Crippen LogP contribution in [0.1, 0.15) is 25.8 Å². The number of benzene rings is 2. The van der Waals surface area contributed by atoms with E-state index in [1.807, 2.05) is 31.2 Å². The first-order chi connectivity index (χ1) is 14.3. The fourth-order valence-electron chi connectivity index (χ4n) is 3.86. The summed E-state index contributed by atoms with van der Waals surface area (Å²) in [4.78, 5) is 39.0. The number of para-hydroxylation sites is 1. The zero-order valence-corrected chi connectivity index (χ0v) is 17.4. The van der Waals surface area contributed by atoms with E-state index in [2.05, 4.69) is 0 Å². The predicted molar refractivity (Wildman–Crippen MR) is 113 cm³/mol. The quantitative estimate of drug-likeness (QED) is 0.580. The number of aromatic nitrogens is 1. The van der Waals surface area contributed by atoms with E-state index in [0.717, 1.165) is 17.7 Å². The van der Waals surface area contributed by atoms with Gasteiger partial charge in [-0.1, -0.05) is 29.8 Å². The molecule has 2 heterocycles. The number of hydrogen-bond acceptors (Lipinski definition) is 5. The minimum absolute atomic E-state index is 0.00116. The molecule has 0 saturated heterocycles. The summed E-state index contributed by atoms with van der Waals surface area (Å²) in [5.74, 6) is -1.40. The van der Waals surface area contributed by atoms with Gasteiger partial charge in [0.2, 0.25) is 0 Å². The molecule has 1 aliphatic rings. The van der Waals surface area contributed by atoms with E-state index >= 15 is 0 Å². The van der Waals surface area contributed by atoms with Crippen molar-refractivity contribution in [3.8, 4) is 0 Å². The number of anilines is 1. The second kappa shape index (κ2) is 7.99. The largest absolute Gasteiger partial charge is 0.452 e. The average molecular weight is 429 g/mol. The van der Waals surface area contributed by atoms with Crippen molar-refractivity contribution >= 4 is 40.3 Å². The highest BCUT2D eigenvalue weighted by atomic mass is 35.5. The molecule has 0 spiro atoms. The zero-order chi connectivity index (χ0) is 21.4. The lowest BCUT2D eigenvalue weighted by molar-refractivity contribution is -0.154. The first-order valence-corrected chi connectivity index (χ1v) is 10.1. The van der Waals surface area contributed by atoms with Crippen LogP contribution in [0.3, 0.4) is 0 Å². The van der Waals surface area contributed by atoms with E-state index in [4.69, 9.17) is 20.8 Å². The Hall–Kier alpha value is -3.06. The van der Waals surface area contributed by atoms with E-state index in [1.54, 1.807) is 30.0 Å². The summed E-state index contributed by atoms with van der Waals surface area (Å²) < 4.78 is 11.9. The lowest BCUT2D eigenvalue weighted by Gasteiger charge is -2.25. The van der Waals surface area contributed by atoms with Gasteiger partial charge in [0, 0.05) is 29.4 Å². The first-order valence-electron chi connectivity index (χ1n) is 9.74. The SMILES string of the molecule is CC(OC(=O)CCn1c(=O)oc2cc(Cl)ccc21)C(=O)N1c2ccccc2CC1C. The van der Waals surface area contributed by atoms with Crippen LogP contribution in [0.2, 0.25) is 5.02 Å². The van der Waals surface area contributed by atoms with Crippen LogP contribution in [0.15, 0.2) is 51.7 Å². The number of carbonyl (C=O) groups excluding carboxylic acids is 2. The Labute approximate surface area is 177 Å². The fourth-order valence-corrected chi connectivity index (χ4v) is 4.02. The van der Waals surface area contributed by atoms with Gasteiger partial charge in [0.25, 0.3) is 5.91 Å². The molecule has 2 aromatic carbocycles. The maximum Gasteiger partial charge on any atom is 0.419 e. The molecule has 1 amide bonds. The maximum absolute atomic E-state index is 12.9. The second-order valence-electron chi connectivity index (χ2n) is 7.40. The van der Waals surface area contributed by atoms with Crippen molar-refractivity contribution in [2.45, 2.75) is 45.4 Å². The standard InChI is InChI=1S/C22H21ClN2O5/c1-13-11-15-5-3-4-6-17(15)25(13)21(27)14(2)29-20(26)9-10-24-18-8-7-16(23)12-19(18)30-22(24)28/h3-8,12-14H,9-11H2,1-2H3. The van der Waals surface area contributed by atoms with Gasteiger partial charge in [0.05, 0.1) is 11.9 Å². The number of halogens is 1. The molecule has 4 rings (SSSR count). The molecule has 0 radical (unpaired) electrons. The Kier molecular flexibility index (Phi) is 5.39. The summed E-state index contributed by atoms with van der Waals surface area (Å²) in [7, 11) is 0. The number of nitrogens with zero attached hydrogens (tertiary/aromatic N) is 2. The van der Waals surface area contributed by atoms with Crippen molar-refractivity contribution in [2.75, 3.05) is 4.90 Å². The molecule has 0 fully saturated rings. The highest BCUT2D eigenvalue weighted by molar-refractivity contribution is 6.31. The molecule has 7 nitrogen and oxygen atoms in total. The third kappa shape index (κ3) is 3.73. The summed E-state index contributed by atoms with van der Waals surface area (Å²) >= 11 is 5.91.